The molecule has 1 N–H and O–H groups in total. The SMILES string of the molecule is COc1ccc2cc(-c3nc(CCN(C)C(=O)c4ccc(C(C)(C)C)cc4)no3)[nH]c2c1. The van der Waals surface area contributed by atoms with Crippen molar-refractivity contribution in [1.29, 1.82) is 0 Å². The first-order valence-electron chi connectivity index (χ1n) is 10.6. The quantitative estimate of drug-likeness (QED) is 0.471. The summed E-state index contributed by atoms with van der Waals surface area (Å²) in [7, 11) is 3.42. The summed E-state index contributed by atoms with van der Waals surface area (Å²) in [6.45, 7) is 6.95. The predicted molar refractivity (Wildman–Crippen MR) is 124 cm³/mol. The Morgan fingerprint density at radius 1 is 1.12 bits per heavy atom. The lowest BCUT2D eigenvalue weighted by atomic mass is 9.86. The summed E-state index contributed by atoms with van der Waals surface area (Å²) in [5, 5.41) is 5.10. The molecule has 0 saturated heterocycles. The van der Waals surface area contributed by atoms with Gasteiger partial charge in [0.05, 0.1) is 7.11 Å². The third-order valence-corrected chi connectivity index (χ3v) is 5.54. The maximum atomic E-state index is 12.8. The first-order chi connectivity index (χ1) is 15.2. The summed E-state index contributed by atoms with van der Waals surface area (Å²) in [6, 6.07) is 15.6. The monoisotopic (exact) mass is 432 g/mol. The third kappa shape index (κ3) is 4.51. The maximum absolute atomic E-state index is 12.8. The number of aromatic amines is 1. The van der Waals surface area contributed by atoms with Gasteiger partial charge in [-0.05, 0) is 41.3 Å². The fraction of sp³-hybridized carbons (Fsp3) is 0.320. The molecule has 166 valence electrons. The van der Waals surface area contributed by atoms with E-state index < -0.39 is 0 Å². The Hall–Kier alpha value is -3.61. The first-order valence-corrected chi connectivity index (χ1v) is 10.6. The van der Waals surface area contributed by atoms with Gasteiger partial charge in [-0.2, -0.15) is 4.98 Å². The number of fused-ring (bicyclic) bond motifs is 1. The summed E-state index contributed by atoms with van der Waals surface area (Å²) in [6.07, 6.45) is 0.500. The molecule has 0 radical (unpaired) electrons. The van der Waals surface area contributed by atoms with Crippen LogP contribution in [-0.4, -0.2) is 46.6 Å². The normalized spacial score (nSPS) is 11.7. The molecular formula is C25H28N4O3. The lowest BCUT2D eigenvalue weighted by Gasteiger charge is -2.20. The molecule has 4 aromatic rings. The van der Waals surface area contributed by atoms with Crippen molar-refractivity contribution in [1.82, 2.24) is 20.0 Å². The molecule has 2 aromatic heterocycles. The second kappa shape index (κ2) is 8.49. The largest absolute Gasteiger partial charge is 0.497 e. The molecule has 0 aliphatic rings. The fourth-order valence-corrected chi connectivity index (χ4v) is 3.52. The van der Waals surface area contributed by atoms with E-state index in [9.17, 15) is 4.79 Å². The lowest BCUT2D eigenvalue weighted by Crippen LogP contribution is -2.29. The number of nitrogens with one attached hydrogen (secondary N) is 1. The van der Waals surface area contributed by atoms with Crippen molar-refractivity contribution < 1.29 is 14.1 Å². The molecule has 0 atom stereocenters. The van der Waals surface area contributed by atoms with E-state index in [1.165, 1.54) is 5.56 Å². The van der Waals surface area contributed by atoms with Gasteiger partial charge in [0, 0.05) is 42.5 Å². The topological polar surface area (TPSA) is 84.2 Å². The summed E-state index contributed by atoms with van der Waals surface area (Å²) in [5.74, 6) is 1.72. The highest BCUT2D eigenvalue weighted by Crippen LogP contribution is 2.26. The highest BCUT2D eigenvalue weighted by atomic mass is 16.5. The van der Waals surface area contributed by atoms with Crippen LogP contribution in [0.25, 0.3) is 22.5 Å². The van der Waals surface area contributed by atoms with Crippen molar-refractivity contribution in [2.45, 2.75) is 32.6 Å². The molecule has 2 aromatic carbocycles. The van der Waals surface area contributed by atoms with Crippen molar-refractivity contribution in [2.24, 2.45) is 0 Å². The molecule has 32 heavy (non-hydrogen) atoms. The number of methoxy groups -OCH3 is 1. The molecule has 0 aliphatic heterocycles. The Morgan fingerprint density at radius 2 is 1.88 bits per heavy atom. The van der Waals surface area contributed by atoms with Crippen LogP contribution in [-0.2, 0) is 11.8 Å². The summed E-state index contributed by atoms with van der Waals surface area (Å²) >= 11 is 0. The van der Waals surface area contributed by atoms with Crippen LogP contribution >= 0.6 is 0 Å². The number of hydrogen-bond donors (Lipinski definition) is 1. The highest BCUT2D eigenvalue weighted by molar-refractivity contribution is 5.94. The Kier molecular flexibility index (Phi) is 5.74. The zero-order chi connectivity index (χ0) is 22.9. The zero-order valence-electron chi connectivity index (χ0n) is 19.1. The second-order valence-electron chi connectivity index (χ2n) is 8.96. The molecule has 0 fully saturated rings. The first kappa shape index (κ1) is 21.6. The zero-order valence-corrected chi connectivity index (χ0v) is 19.1. The molecule has 4 rings (SSSR count). The van der Waals surface area contributed by atoms with E-state index in [0.717, 1.165) is 22.3 Å². The van der Waals surface area contributed by atoms with Gasteiger partial charge in [-0.25, -0.2) is 0 Å². The lowest BCUT2D eigenvalue weighted by molar-refractivity contribution is 0.0795. The van der Waals surface area contributed by atoms with Crippen LogP contribution in [0.3, 0.4) is 0 Å². The van der Waals surface area contributed by atoms with E-state index in [2.05, 4.69) is 35.9 Å². The number of benzene rings is 2. The van der Waals surface area contributed by atoms with Crippen molar-refractivity contribution in [3.63, 3.8) is 0 Å². The smallest absolute Gasteiger partial charge is 0.274 e. The molecule has 7 heteroatoms. The summed E-state index contributed by atoms with van der Waals surface area (Å²) in [5.41, 5.74) is 3.60. The number of carbonyl (C=O) groups excluding carboxylic acids is 1. The number of nitrogens with zero attached hydrogens (tertiary/aromatic N) is 3. The van der Waals surface area contributed by atoms with Crippen LogP contribution in [0, 0.1) is 0 Å². The molecule has 1 amide bonds. The molecule has 0 bridgehead atoms. The number of hydrogen-bond acceptors (Lipinski definition) is 5. The van der Waals surface area contributed by atoms with Crippen LogP contribution in [0.4, 0.5) is 0 Å². The molecule has 0 spiro atoms. The standard InChI is InChI=1S/C25H28N4O3/c1-25(2,3)18-9-6-16(7-10-18)24(30)29(4)13-12-22-27-23(32-28-22)21-14-17-8-11-19(31-5)15-20(17)26-21/h6-11,14-15,26H,12-13H2,1-5H3. The van der Waals surface area contributed by atoms with E-state index in [0.29, 0.717) is 30.2 Å². The van der Waals surface area contributed by atoms with Crippen LogP contribution in [0.15, 0.2) is 53.1 Å². The molecule has 0 unspecified atom stereocenters. The Morgan fingerprint density at radius 3 is 2.56 bits per heavy atom. The molecule has 2 heterocycles. The minimum atomic E-state index is -0.0289. The molecule has 0 saturated carbocycles. The van der Waals surface area contributed by atoms with E-state index >= 15 is 0 Å². The maximum Gasteiger partial charge on any atom is 0.274 e. The molecule has 0 aliphatic carbocycles. The van der Waals surface area contributed by atoms with Gasteiger partial charge in [0.1, 0.15) is 11.4 Å². The van der Waals surface area contributed by atoms with Gasteiger partial charge in [0.15, 0.2) is 5.82 Å². The van der Waals surface area contributed by atoms with E-state index in [1.807, 2.05) is 48.5 Å². The minimum absolute atomic E-state index is 0.0289. The van der Waals surface area contributed by atoms with Gasteiger partial charge >= 0.3 is 0 Å². The van der Waals surface area contributed by atoms with Crippen LogP contribution in [0.2, 0.25) is 0 Å². The average Bonchev–Trinajstić information content (AvgIpc) is 3.42. The molecular weight excluding hydrogens is 404 g/mol. The molecule has 7 nitrogen and oxygen atoms in total. The number of H-pyrrole nitrogens is 1. The number of amides is 1. The number of aromatic nitrogens is 3. The third-order valence-electron chi connectivity index (χ3n) is 5.54. The Balaban J connectivity index is 1.40. The van der Waals surface area contributed by atoms with Gasteiger partial charge in [0.2, 0.25) is 0 Å². The van der Waals surface area contributed by atoms with Gasteiger partial charge in [0.25, 0.3) is 11.8 Å². The van der Waals surface area contributed by atoms with Crippen LogP contribution < -0.4 is 4.74 Å². The number of carbonyl (C=O) groups is 1. The van der Waals surface area contributed by atoms with Crippen molar-refractivity contribution >= 4 is 16.8 Å². The summed E-state index contributed by atoms with van der Waals surface area (Å²) < 4.78 is 10.7. The van der Waals surface area contributed by atoms with Crippen molar-refractivity contribution in [2.75, 3.05) is 20.7 Å². The number of ether oxygens (including phenoxy) is 1. The van der Waals surface area contributed by atoms with Gasteiger partial charge < -0.3 is 19.1 Å². The van der Waals surface area contributed by atoms with Gasteiger partial charge in [-0.15, -0.1) is 0 Å². The highest BCUT2D eigenvalue weighted by Gasteiger charge is 2.17. The van der Waals surface area contributed by atoms with Crippen LogP contribution in [0.5, 0.6) is 5.75 Å². The van der Waals surface area contributed by atoms with Crippen molar-refractivity contribution in [3.8, 4) is 17.3 Å². The van der Waals surface area contributed by atoms with E-state index in [1.54, 1.807) is 19.1 Å². The van der Waals surface area contributed by atoms with Crippen molar-refractivity contribution in [3.05, 3.63) is 65.5 Å². The Bertz CT molecular complexity index is 1230. The Labute approximate surface area is 187 Å². The minimum Gasteiger partial charge on any atom is -0.497 e. The summed E-state index contributed by atoms with van der Waals surface area (Å²) in [4.78, 5) is 22.2. The number of likely N-dealkylation sites (N-methyl/N-ethyl adjacent to an activating group) is 1. The van der Waals surface area contributed by atoms with E-state index in [-0.39, 0.29) is 11.3 Å². The average molecular weight is 433 g/mol. The van der Waals surface area contributed by atoms with Gasteiger partial charge in [-0.1, -0.05) is 38.1 Å². The van der Waals surface area contributed by atoms with Crippen LogP contribution in [0.1, 0.15) is 42.5 Å². The number of rotatable bonds is 6. The second-order valence-corrected chi connectivity index (χ2v) is 8.96. The fourth-order valence-electron chi connectivity index (χ4n) is 3.52. The van der Waals surface area contributed by atoms with Gasteiger partial charge in [-0.3, -0.25) is 4.79 Å². The predicted octanol–water partition coefficient (Wildman–Crippen LogP) is 4.84. The van der Waals surface area contributed by atoms with E-state index in [4.69, 9.17) is 9.26 Å².